The van der Waals surface area contributed by atoms with Crippen molar-refractivity contribution in [2.75, 3.05) is 13.7 Å². The first-order valence-corrected chi connectivity index (χ1v) is 6.88. The summed E-state index contributed by atoms with van der Waals surface area (Å²) < 4.78 is 4.93. The third-order valence-electron chi connectivity index (χ3n) is 3.16. The zero-order valence-electron chi connectivity index (χ0n) is 10.5. The molecule has 2 aromatic heterocycles. The van der Waals surface area contributed by atoms with Crippen LogP contribution >= 0.6 is 11.3 Å². The zero-order valence-corrected chi connectivity index (χ0v) is 11.3. The number of carbonyl (C=O) groups excluding carboxylic acids is 1. The van der Waals surface area contributed by atoms with E-state index < -0.39 is 0 Å². The van der Waals surface area contributed by atoms with Crippen LogP contribution in [0.2, 0.25) is 0 Å². The number of thiophene rings is 1. The number of fused-ring (bicyclic) bond motifs is 1. The van der Waals surface area contributed by atoms with Crippen LogP contribution < -0.4 is 4.74 Å². The molecule has 0 atom stereocenters. The highest BCUT2D eigenvalue weighted by Crippen LogP contribution is 2.24. The fourth-order valence-electron chi connectivity index (χ4n) is 2.13. The standard InChI is InChI=1S/C13H13N3O2S/c1-18-12-3-2-10(14-15-12)13(17)16-6-4-11-9(8-16)5-7-19-11/h2-3,5,7H,4,6,8H2,1H3. The molecule has 6 heteroatoms. The van der Waals surface area contributed by atoms with Crippen molar-refractivity contribution in [1.29, 1.82) is 0 Å². The van der Waals surface area contributed by atoms with Crippen LogP contribution in [0.5, 0.6) is 5.88 Å². The van der Waals surface area contributed by atoms with E-state index in [1.807, 2.05) is 4.90 Å². The lowest BCUT2D eigenvalue weighted by Crippen LogP contribution is -2.35. The number of hydrogen-bond acceptors (Lipinski definition) is 5. The monoisotopic (exact) mass is 275 g/mol. The molecule has 0 radical (unpaired) electrons. The summed E-state index contributed by atoms with van der Waals surface area (Å²) in [5.74, 6) is 0.335. The molecule has 0 unspecified atom stereocenters. The first kappa shape index (κ1) is 12.1. The van der Waals surface area contributed by atoms with E-state index in [1.54, 1.807) is 23.5 Å². The number of aromatic nitrogens is 2. The average Bonchev–Trinajstić information content (AvgIpc) is 2.94. The summed E-state index contributed by atoms with van der Waals surface area (Å²) in [6.45, 7) is 1.39. The lowest BCUT2D eigenvalue weighted by Gasteiger charge is -2.26. The van der Waals surface area contributed by atoms with Crippen LogP contribution in [0.4, 0.5) is 0 Å². The van der Waals surface area contributed by atoms with Crippen LogP contribution in [0.15, 0.2) is 23.6 Å². The van der Waals surface area contributed by atoms with Gasteiger partial charge in [0, 0.05) is 24.0 Å². The van der Waals surface area contributed by atoms with Gasteiger partial charge in [-0.3, -0.25) is 4.79 Å². The summed E-state index contributed by atoms with van der Waals surface area (Å²) in [4.78, 5) is 15.5. The molecule has 5 nitrogen and oxygen atoms in total. The molecule has 0 saturated carbocycles. The second-order valence-corrected chi connectivity index (χ2v) is 5.31. The van der Waals surface area contributed by atoms with Gasteiger partial charge in [0.25, 0.3) is 5.91 Å². The van der Waals surface area contributed by atoms with E-state index in [-0.39, 0.29) is 5.91 Å². The van der Waals surface area contributed by atoms with Gasteiger partial charge in [-0.1, -0.05) is 0 Å². The molecule has 1 amide bonds. The van der Waals surface area contributed by atoms with E-state index in [2.05, 4.69) is 21.6 Å². The van der Waals surface area contributed by atoms with Crippen LogP contribution in [0.25, 0.3) is 0 Å². The molecular formula is C13H13N3O2S. The minimum atomic E-state index is -0.0768. The van der Waals surface area contributed by atoms with Gasteiger partial charge < -0.3 is 9.64 Å². The van der Waals surface area contributed by atoms with E-state index in [9.17, 15) is 4.79 Å². The largest absolute Gasteiger partial charge is 0.480 e. The van der Waals surface area contributed by atoms with E-state index in [0.717, 1.165) is 13.0 Å². The molecule has 3 heterocycles. The molecule has 0 saturated heterocycles. The Morgan fingerprint density at radius 3 is 3.00 bits per heavy atom. The average molecular weight is 275 g/mol. The maximum Gasteiger partial charge on any atom is 0.274 e. The fraction of sp³-hybridized carbons (Fsp3) is 0.308. The molecule has 0 N–H and O–H groups in total. The molecule has 3 rings (SSSR count). The van der Waals surface area contributed by atoms with Gasteiger partial charge in [0.15, 0.2) is 5.69 Å². The maximum atomic E-state index is 12.3. The van der Waals surface area contributed by atoms with Crippen molar-refractivity contribution in [2.45, 2.75) is 13.0 Å². The molecule has 0 aromatic carbocycles. The molecule has 0 bridgehead atoms. The third kappa shape index (κ3) is 2.31. The SMILES string of the molecule is COc1ccc(C(=O)N2CCc3sccc3C2)nn1. The van der Waals surface area contributed by atoms with E-state index in [0.29, 0.717) is 18.1 Å². The lowest BCUT2D eigenvalue weighted by atomic mass is 10.1. The number of hydrogen-bond donors (Lipinski definition) is 0. The Hall–Kier alpha value is -1.95. The predicted octanol–water partition coefficient (Wildman–Crippen LogP) is 1.75. The summed E-state index contributed by atoms with van der Waals surface area (Å²) in [6.07, 6.45) is 0.919. The van der Waals surface area contributed by atoms with Crippen LogP contribution in [0.1, 0.15) is 20.9 Å². The highest BCUT2D eigenvalue weighted by atomic mass is 32.1. The van der Waals surface area contributed by atoms with Crippen molar-refractivity contribution in [1.82, 2.24) is 15.1 Å². The number of ether oxygens (including phenoxy) is 1. The summed E-state index contributed by atoms with van der Waals surface area (Å²) in [6, 6.07) is 5.39. The Labute approximate surface area is 114 Å². The topological polar surface area (TPSA) is 55.3 Å². The quantitative estimate of drug-likeness (QED) is 0.838. The Morgan fingerprint density at radius 2 is 2.26 bits per heavy atom. The number of methoxy groups -OCH3 is 1. The molecule has 1 aliphatic rings. The Kier molecular flexibility index (Phi) is 3.16. The summed E-state index contributed by atoms with van der Waals surface area (Å²) >= 11 is 1.76. The second-order valence-electron chi connectivity index (χ2n) is 4.31. The Morgan fingerprint density at radius 1 is 1.37 bits per heavy atom. The minimum Gasteiger partial charge on any atom is -0.480 e. The van der Waals surface area contributed by atoms with E-state index >= 15 is 0 Å². The molecule has 0 spiro atoms. The maximum absolute atomic E-state index is 12.3. The van der Waals surface area contributed by atoms with Gasteiger partial charge in [0.1, 0.15) is 0 Å². The molecule has 2 aromatic rings. The number of amides is 1. The van der Waals surface area contributed by atoms with Crippen molar-refractivity contribution in [2.24, 2.45) is 0 Å². The van der Waals surface area contributed by atoms with Gasteiger partial charge >= 0.3 is 0 Å². The zero-order chi connectivity index (χ0) is 13.2. The Balaban J connectivity index is 1.77. The highest BCUT2D eigenvalue weighted by Gasteiger charge is 2.23. The number of nitrogens with zero attached hydrogens (tertiary/aromatic N) is 3. The van der Waals surface area contributed by atoms with E-state index in [4.69, 9.17) is 4.74 Å². The van der Waals surface area contributed by atoms with Gasteiger partial charge in [0.2, 0.25) is 5.88 Å². The van der Waals surface area contributed by atoms with Crippen LogP contribution in [-0.2, 0) is 13.0 Å². The summed E-state index contributed by atoms with van der Waals surface area (Å²) in [7, 11) is 1.52. The van der Waals surface area contributed by atoms with Crippen LogP contribution in [0, 0.1) is 0 Å². The van der Waals surface area contributed by atoms with Gasteiger partial charge in [-0.15, -0.1) is 21.5 Å². The van der Waals surface area contributed by atoms with Crippen molar-refractivity contribution in [3.63, 3.8) is 0 Å². The Bertz CT molecular complexity index is 594. The first-order chi connectivity index (χ1) is 9.28. The van der Waals surface area contributed by atoms with Crippen molar-refractivity contribution < 1.29 is 9.53 Å². The third-order valence-corrected chi connectivity index (χ3v) is 4.19. The van der Waals surface area contributed by atoms with Crippen molar-refractivity contribution >= 4 is 17.2 Å². The van der Waals surface area contributed by atoms with Gasteiger partial charge in [-0.25, -0.2) is 0 Å². The fourth-order valence-corrected chi connectivity index (χ4v) is 3.02. The molecular weight excluding hydrogens is 262 g/mol. The minimum absolute atomic E-state index is 0.0768. The van der Waals surface area contributed by atoms with Gasteiger partial charge in [-0.05, 0) is 29.5 Å². The van der Waals surface area contributed by atoms with Crippen LogP contribution in [-0.4, -0.2) is 34.7 Å². The molecule has 98 valence electrons. The highest BCUT2D eigenvalue weighted by molar-refractivity contribution is 7.10. The second kappa shape index (κ2) is 4.97. The van der Waals surface area contributed by atoms with Crippen molar-refractivity contribution in [3.8, 4) is 5.88 Å². The molecule has 19 heavy (non-hydrogen) atoms. The van der Waals surface area contributed by atoms with Crippen LogP contribution in [0.3, 0.4) is 0 Å². The lowest BCUT2D eigenvalue weighted by molar-refractivity contribution is 0.0728. The predicted molar refractivity (Wildman–Crippen MR) is 71.3 cm³/mol. The molecule has 0 fully saturated rings. The van der Waals surface area contributed by atoms with E-state index in [1.165, 1.54) is 17.6 Å². The van der Waals surface area contributed by atoms with Crippen molar-refractivity contribution in [3.05, 3.63) is 39.7 Å². The first-order valence-electron chi connectivity index (χ1n) is 6.00. The van der Waals surface area contributed by atoms with Gasteiger partial charge in [0.05, 0.1) is 7.11 Å². The summed E-state index contributed by atoms with van der Waals surface area (Å²) in [5.41, 5.74) is 1.60. The smallest absolute Gasteiger partial charge is 0.274 e. The number of rotatable bonds is 2. The number of carbonyl (C=O) groups is 1. The normalized spacial score (nSPS) is 14.1. The molecule has 1 aliphatic heterocycles. The summed E-state index contributed by atoms with van der Waals surface area (Å²) in [5, 5.41) is 9.81. The molecule has 0 aliphatic carbocycles. The van der Waals surface area contributed by atoms with Gasteiger partial charge in [-0.2, -0.15) is 0 Å².